The highest BCUT2D eigenvalue weighted by molar-refractivity contribution is 7.09. The van der Waals surface area contributed by atoms with Crippen molar-refractivity contribution in [1.29, 1.82) is 0 Å². The summed E-state index contributed by atoms with van der Waals surface area (Å²) in [6, 6.07) is 3.03. The topological polar surface area (TPSA) is 87.4 Å². The van der Waals surface area contributed by atoms with Gasteiger partial charge in [-0.3, -0.25) is 0 Å². The highest BCUT2D eigenvalue weighted by Crippen LogP contribution is 2.41. The van der Waals surface area contributed by atoms with Gasteiger partial charge < -0.3 is 20.2 Å². The molecule has 2 aromatic heterocycles. The first-order valence-electron chi connectivity index (χ1n) is 7.26. The first kappa shape index (κ1) is 15.1. The van der Waals surface area contributed by atoms with E-state index in [0.29, 0.717) is 11.7 Å². The third-order valence-electron chi connectivity index (χ3n) is 3.74. The van der Waals surface area contributed by atoms with E-state index in [1.807, 2.05) is 5.38 Å². The average Bonchev–Trinajstić information content (AvgIpc) is 2.97. The summed E-state index contributed by atoms with van der Waals surface area (Å²) < 4.78 is 5.19. The van der Waals surface area contributed by atoms with Crippen molar-refractivity contribution < 1.29 is 14.3 Å². The van der Waals surface area contributed by atoms with Crippen LogP contribution in [0.2, 0.25) is 0 Å². The van der Waals surface area contributed by atoms with Gasteiger partial charge in [0.25, 0.3) is 0 Å². The Balaban J connectivity index is 1.56. The second-order valence-electron chi connectivity index (χ2n) is 5.76. The lowest BCUT2D eigenvalue weighted by molar-refractivity contribution is 0.0366. The van der Waals surface area contributed by atoms with E-state index in [1.54, 1.807) is 36.6 Å². The molecule has 22 heavy (non-hydrogen) atoms. The lowest BCUT2D eigenvalue weighted by atomic mass is 10.0. The summed E-state index contributed by atoms with van der Waals surface area (Å²) in [6.07, 6.45) is 5.45. The van der Waals surface area contributed by atoms with E-state index in [1.165, 1.54) is 6.26 Å². The molecule has 0 bridgehead atoms. The Morgan fingerprint density at radius 1 is 1.64 bits per heavy atom. The highest BCUT2D eigenvalue weighted by atomic mass is 32.1. The number of nitrogens with one attached hydrogen (secondary N) is 2. The zero-order chi connectivity index (χ0) is 15.6. The molecule has 1 aliphatic carbocycles. The number of aliphatic hydroxyl groups is 1. The Morgan fingerprint density at radius 3 is 3.05 bits per heavy atom. The summed E-state index contributed by atoms with van der Waals surface area (Å²) in [4.78, 5) is 16.4. The van der Waals surface area contributed by atoms with Gasteiger partial charge in [0.15, 0.2) is 0 Å². The molecular formula is C15H19N3O3S. The number of aromatic nitrogens is 1. The van der Waals surface area contributed by atoms with Gasteiger partial charge >= 0.3 is 6.03 Å². The van der Waals surface area contributed by atoms with Crippen LogP contribution in [0.5, 0.6) is 0 Å². The number of rotatable bonds is 6. The molecule has 1 fully saturated rings. The number of hydrogen-bond acceptors (Lipinski definition) is 5. The Bertz CT molecular complexity index is 606. The second-order valence-corrected chi connectivity index (χ2v) is 6.69. The molecule has 2 atom stereocenters. The molecule has 0 radical (unpaired) electrons. The molecule has 3 N–H and O–H groups in total. The van der Waals surface area contributed by atoms with Crippen LogP contribution in [0.15, 0.2) is 34.4 Å². The molecule has 2 aromatic rings. The van der Waals surface area contributed by atoms with Crippen LogP contribution in [0.4, 0.5) is 4.79 Å². The monoisotopic (exact) mass is 321 g/mol. The van der Waals surface area contributed by atoms with Crippen molar-refractivity contribution >= 4 is 17.4 Å². The standard InChI is InChI=1S/C15H19N3O3S/c1-15(20,11-3-2-7-21-11)9-17-14(19)18-12(10-4-5-10)13-16-6-8-22-13/h2-3,6-8,10,12,20H,4-5,9H2,1H3,(H2,17,18,19). The van der Waals surface area contributed by atoms with Crippen molar-refractivity contribution in [2.45, 2.75) is 31.4 Å². The van der Waals surface area contributed by atoms with Gasteiger partial charge in [0.2, 0.25) is 0 Å². The predicted molar refractivity (Wildman–Crippen MR) is 82.4 cm³/mol. The molecule has 1 saturated carbocycles. The van der Waals surface area contributed by atoms with E-state index in [-0.39, 0.29) is 18.6 Å². The van der Waals surface area contributed by atoms with Gasteiger partial charge in [-0.2, -0.15) is 0 Å². The number of carbonyl (C=O) groups excluding carboxylic acids is 1. The number of nitrogens with zero attached hydrogens (tertiary/aromatic N) is 1. The summed E-state index contributed by atoms with van der Waals surface area (Å²) in [5.41, 5.74) is -1.24. The number of urea groups is 1. The fourth-order valence-electron chi connectivity index (χ4n) is 2.32. The maximum atomic E-state index is 12.1. The number of amides is 2. The first-order chi connectivity index (χ1) is 10.6. The largest absolute Gasteiger partial charge is 0.466 e. The summed E-state index contributed by atoms with van der Waals surface area (Å²) >= 11 is 1.55. The zero-order valence-corrected chi connectivity index (χ0v) is 13.1. The lowest BCUT2D eigenvalue weighted by Crippen LogP contribution is -2.44. The number of thiazole rings is 1. The SMILES string of the molecule is CC(O)(CNC(=O)NC(c1nccs1)C1CC1)c1ccco1. The number of hydrogen-bond donors (Lipinski definition) is 3. The molecular weight excluding hydrogens is 302 g/mol. The van der Waals surface area contributed by atoms with Gasteiger partial charge in [-0.05, 0) is 37.8 Å². The predicted octanol–water partition coefficient (Wildman–Crippen LogP) is 2.39. The van der Waals surface area contributed by atoms with Crippen molar-refractivity contribution in [2.75, 3.05) is 6.54 Å². The second kappa shape index (κ2) is 6.10. The van der Waals surface area contributed by atoms with Crippen molar-refractivity contribution in [3.63, 3.8) is 0 Å². The summed E-state index contributed by atoms with van der Waals surface area (Å²) in [5, 5.41) is 18.8. The molecule has 6 nitrogen and oxygen atoms in total. The van der Waals surface area contributed by atoms with Gasteiger partial charge in [0, 0.05) is 11.6 Å². The molecule has 118 valence electrons. The van der Waals surface area contributed by atoms with Crippen LogP contribution in [0.25, 0.3) is 0 Å². The van der Waals surface area contributed by atoms with E-state index in [4.69, 9.17) is 4.42 Å². The lowest BCUT2D eigenvalue weighted by Gasteiger charge is -2.22. The Hall–Kier alpha value is -1.86. The van der Waals surface area contributed by atoms with Crippen molar-refractivity contribution in [3.05, 3.63) is 40.7 Å². The molecule has 2 unspecified atom stereocenters. The van der Waals surface area contributed by atoms with Crippen LogP contribution in [0, 0.1) is 5.92 Å². The quantitative estimate of drug-likeness (QED) is 0.762. The molecule has 2 heterocycles. The minimum Gasteiger partial charge on any atom is -0.466 e. The van der Waals surface area contributed by atoms with E-state index in [0.717, 1.165) is 17.8 Å². The van der Waals surface area contributed by atoms with Crippen molar-refractivity contribution in [1.82, 2.24) is 15.6 Å². The fraction of sp³-hybridized carbons (Fsp3) is 0.467. The number of furan rings is 1. The zero-order valence-electron chi connectivity index (χ0n) is 12.3. The van der Waals surface area contributed by atoms with Gasteiger partial charge in [-0.15, -0.1) is 11.3 Å². The molecule has 3 rings (SSSR count). The Kier molecular flexibility index (Phi) is 4.17. The molecule has 0 aliphatic heterocycles. The first-order valence-corrected chi connectivity index (χ1v) is 8.14. The molecule has 7 heteroatoms. The summed E-state index contributed by atoms with van der Waals surface area (Å²) in [6.45, 7) is 1.67. The fourth-order valence-corrected chi connectivity index (χ4v) is 3.10. The van der Waals surface area contributed by atoms with E-state index in [2.05, 4.69) is 15.6 Å². The van der Waals surface area contributed by atoms with Crippen LogP contribution < -0.4 is 10.6 Å². The van der Waals surface area contributed by atoms with Crippen LogP contribution in [-0.4, -0.2) is 22.7 Å². The van der Waals surface area contributed by atoms with Gasteiger partial charge in [0.1, 0.15) is 16.4 Å². The van der Waals surface area contributed by atoms with Crippen molar-refractivity contribution in [3.8, 4) is 0 Å². The van der Waals surface area contributed by atoms with Crippen LogP contribution in [0.3, 0.4) is 0 Å². The van der Waals surface area contributed by atoms with E-state index < -0.39 is 5.60 Å². The maximum Gasteiger partial charge on any atom is 0.315 e. The van der Waals surface area contributed by atoms with Crippen molar-refractivity contribution in [2.24, 2.45) is 5.92 Å². The smallest absolute Gasteiger partial charge is 0.315 e. The van der Waals surface area contributed by atoms with Crippen LogP contribution >= 0.6 is 11.3 Å². The minimum absolute atomic E-state index is 0.0476. The average molecular weight is 321 g/mol. The molecule has 2 amide bonds. The molecule has 0 saturated heterocycles. The van der Waals surface area contributed by atoms with Gasteiger partial charge in [0.05, 0.1) is 18.8 Å². The highest BCUT2D eigenvalue weighted by Gasteiger charge is 2.35. The van der Waals surface area contributed by atoms with Gasteiger partial charge in [-0.25, -0.2) is 9.78 Å². The van der Waals surface area contributed by atoms with Crippen LogP contribution in [0.1, 0.15) is 36.6 Å². The number of carbonyl (C=O) groups is 1. The Labute approximate surface area is 132 Å². The van der Waals surface area contributed by atoms with E-state index in [9.17, 15) is 9.90 Å². The normalized spacial score (nSPS) is 18.5. The molecule has 0 aromatic carbocycles. The summed E-state index contributed by atoms with van der Waals surface area (Å²) in [7, 11) is 0. The molecule has 0 spiro atoms. The van der Waals surface area contributed by atoms with E-state index >= 15 is 0 Å². The molecule has 1 aliphatic rings. The maximum absolute atomic E-state index is 12.1. The van der Waals surface area contributed by atoms with Crippen LogP contribution in [-0.2, 0) is 5.60 Å². The third kappa shape index (κ3) is 3.48. The Morgan fingerprint density at radius 2 is 2.45 bits per heavy atom. The third-order valence-corrected chi connectivity index (χ3v) is 4.60. The minimum atomic E-state index is -1.24. The van der Waals surface area contributed by atoms with Gasteiger partial charge in [-0.1, -0.05) is 0 Å². The summed E-state index contributed by atoms with van der Waals surface area (Å²) in [5.74, 6) is 0.883.